The summed E-state index contributed by atoms with van der Waals surface area (Å²) in [5.41, 5.74) is 3.85. The molecule has 122 valence electrons. The summed E-state index contributed by atoms with van der Waals surface area (Å²) in [6.45, 7) is 5.77. The number of hydrogen-bond donors (Lipinski definition) is 0. The molecule has 1 aliphatic carbocycles. The first kappa shape index (κ1) is 15.8. The monoisotopic (exact) mass is 322 g/mol. The molecule has 3 rings (SSSR count). The maximum atomic E-state index is 12.7. The van der Waals surface area contributed by atoms with Crippen LogP contribution < -0.4 is 0 Å². The molecule has 1 aromatic rings. The summed E-state index contributed by atoms with van der Waals surface area (Å²) in [4.78, 5) is 16.8. The first-order valence-electron chi connectivity index (χ1n) is 7.47. The van der Waals surface area contributed by atoms with Crippen LogP contribution in [-0.2, 0) is 4.79 Å². The van der Waals surface area contributed by atoms with Crippen LogP contribution in [0.5, 0.6) is 0 Å². The van der Waals surface area contributed by atoms with Gasteiger partial charge >= 0.3 is 12.1 Å². The predicted octanol–water partition coefficient (Wildman–Crippen LogP) is 3.86. The summed E-state index contributed by atoms with van der Waals surface area (Å²) in [5, 5.41) is 0. The van der Waals surface area contributed by atoms with E-state index in [4.69, 9.17) is 0 Å². The molecule has 23 heavy (non-hydrogen) atoms. The molecule has 2 unspecified atom stereocenters. The zero-order valence-corrected chi connectivity index (χ0v) is 12.7. The van der Waals surface area contributed by atoms with E-state index in [1.165, 1.54) is 0 Å². The van der Waals surface area contributed by atoms with Crippen LogP contribution >= 0.6 is 0 Å². The van der Waals surface area contributed by atoms with Crippen molar-refractivity contribution in [3.63, 3.8) is 0 Å². The van der Waals surface area contributed by atoms with Crippen LogP contribution in [-0.4, -0.2) is 36.3 Å². The van der Waals surface area contributed by atoms with E-state index in [1.54, 1.807) is 12.3 Å². The Balaban J connectivity index is 1.92. The number of piperidine rings is 1. The SMILES string of the molecule is C=C/C=N\c1cc2c(cc1C)C1CC2CN(C(=O)C(F)(F)F)C1. The van der Waals surface area contributed by atoms with Gasteiger partial charge in [-0.1, -0.05) is 18.7 Å². The topological polar surface area (TPSA) is 32.7 Å². The Labute approximate surface area is 132 Å². The average molecular weight is 322 g/mol. The highest BCUT2D eigenvalue weighted by Gasteiger charge is 2.47. The summed E-state index contributed by atoms with van der Waals surface area (Å²) in [5.74, 6) is -1.80. The number of aryl methyl sites for hydroxylation is 1. The van der Waals surface area contributed by atoms with Gasteiger partial charge < -0.3 is 4.90 Å². The number of halogens is 3. The van der Waals surface area contributed by atoms with Gasteiger partial charge in [0.05, 0.1) is 5.69 Å². The largest absolute Gasteiger partial charge is 0.471 e. The number of likely N-dealkylation sites (tertiary alicyclic amines) is 1. The van der Waals surface area contributed by atoms with E-state index >= 15 is 0 Å². The van der Waals surface area contributed by atoms with Crippen LogP contribution in [0.15, 0.2) is 29.8 Å². The maximum Gasteiger partial charge on any atom is 0.471 e. The van der Waals surface area contributed by atoms with Gasteiger partial charge in [-0.2, -0.15) is 13.2 Å². The molecule has 0 saturated carbocycles. The summed E-state index contributed by atoms with van der Waals surface area (Å²) in [7, 11) is 0. The normalized spacial score (nSPS) is 23.2. The molecule has 2 aliphatic rings. The zero-order chi connectivity index (χ0) is 16.8. The third-order valence-electron chi connectivity index (χ3n) is 4.58. The fraction of sp³-hybridized carbons (Fsp3) is 0.412. The molecule has 0 spiro atoms. The highest BCUT2D eigenvalue weighted by molar-refractivity contribution is 5.82. The van der Waals surface area contributed by atoms with Crippen molar-refractivity contribution >= 4 is 17.8 Å². The molecule has 1 aromatic carbocycles. The minimum atomic E-state index is -4.81. The van der Waals surface area contributed by atoms with Crippen LogP contribution in [0.25, 0.3) is 0 Å². The summed E-state index contributed by atoms with van der Waals surface area (Å²) < 4.78 is 38.1. The number of aliphatic imine (C=N–C) groups is 1. The van der Waals surface area contributed by atoms with Crippen molar-refractivity contribution in [1.29, 1.82) is 0 Å². The number of amides is 1. The predicted molar refractivity (Wildman–Crippen MR) is 82.3 cm³/mol. The van der Waals surface area contributed by atoms with E-state index in [1.807, 2.05) is 19.1 Å². The van der Waals surface area contributed by atoms with E-state index in [2.05, 4.69) is 11.6 Å². The third kappa shape index (κ3) is 2.78. The molecular weight excluding hydrogens is 305 g/mol. The Hall–Kier alpha value is -2.11. The Bertz CT molecular complexity index is 694. The molecule has 1 fully saturated rings. The van der Waals surface area contributed by atoms with Crippen molar-refractivity contribution in [3.8, 4) is 0 Å². The lowest BCUT2D eigenvalue weighted by molar-refractivity contribution is -0.186. The highest BCUT2D eigenvalue weighted by Crippen LogP contribution is 2.48. The highest BCUT2D eigenvalue weighted by atomic mass is 19.4. The van der Waals surface area contributed by atoms with Gasteiger partial charge in [0.2, 0.25) is 0 Å². The second-order valence-electron chi connectivity index (χ2n) is 6.12. The van der Waals surface area contributed by atoms with Crippen LogP contribution in [0.2, 0.25) is 0 Å². The molecule has 1 amide bonds. The van der Waals surface area contributed by atoms with E-state index < -0.39 is 12.1 Å². The van der Waals surface area contributed by atoms with Crippen molar-refractivity contribution in [2.45, 2.75) is 31.4 Å². The number of fused-ring (bicyclic) bond motifs is 5. The van der Waals surface area contributed by atoms with Gasteiger partial charge in [-0.25, -0.2) is 0 Å². The number of hydrogen-bond acceptors (Lipinski definition) is 2. The first-order valence-corrected chi connectivity index (χ1v) is 7.47. The molecule has 1 aliphatic heterocycles. The van der Waals surface area contributed by atoms with E-state index in [-0.39, 0.29) is 24.9 Å². The lowest BCUT2D eigenvalue weighted by Gasteiger charge is -2.32. The van der Waals surface area contributed by atoms with Gasteiger partial charge in [-0.05, 0) is 36.1 Å². The Morgan fingerprint density at radius 3 is 2.48 bits per heavy atom. The summed E-state index contributed by atoms with van der Waals surface area (Å²) in [6, 6.07) is 3.94. The fourth-order valence-electron chi connectivity index (χ4n) is 3.61. The second-order valence-corrected chi connectivity index (χ2v) is 6.12. The maximum absolute atomic E-state index is 12.7. The number of carbonyl (C=O) groups is 1. The number of benzene rings is 1. The number of alkyl halides is 3. The number of carbonyl (C=O) groups excluding carboxylic acids is 1. The summed E-state index contributed by atoms with van der Waals surface area (Å²) in [6.07, 6.45) is -0.840. The fourth-order valence-corrected chi connectivity index (χ4v) is 3.61. The van der Waals surface area contributed by atoms with Gasteiger partial charge in [0, 0.05) is 31.1 Å². The zero-order valence-electron chi connectivity index (χ0n) is 12.7. The van der Waals surface area contributed by atoms with E-state index in [0.717, 1.165) is 33.7 Å². The van der Waals surface area contributed by atoms with Gasteiger partial charge in [0.1, 0.15) is 0 Å². The number of rotatable bonds is 2. The molecule has 2 bridgehead atoms. The third-order valence-corrected chi connectivity index (χ3v) is 4.58. The molecule has 6 heteroatoms. The van der Waals surface area contributed by atoms with Crippen molar-refractivity contribution in [3.05, 3.63) is 41.5 Å². The minimum absolute atomic E-state index is 0.0221. The van der Waals surface area contributed by atoms with Crippen molar-refractivity contribution in [1.82, 2.24) is 4.90 Å². The molecule has 1 heterocycles. The molecule has 3 nitrogen and oxygen atoms in total. The van der Waals surface area contributed by atoms with Crippen LogP contribution in [0.1, 0.15) is 34.9 Å². The average Bonchev–Trinajstić information content (AvgIpc) is 2.73. The lowest BCUT2D eigenvalue weighted by Crippen LogP contribution is -2.46. The van der Waals surface area contributed by atoms with Crippen LogP contribution in [0, 0.1) is 6.92 Å². The van der Waals surface area contributed by atoms with Crippen molar-refractivity contribution in [2.75, 3.05) is 13.1 Å². The van der Waals surface area contributed by atoms with Gasteiger partial charge in [-0.3, -0.25) is 9.79 Å². The molecule has 1 saturated heterocycles. The van der Waals surface area contributed by atoms with Gasteiger partial charge in [0.25, 0.3) is 0 Å². The van der Waals surface area contributed by atoms with E-state index in [0.29, 0.717) is 0 Å². The number of nitrogens with zero attached hydrogens (tertiary/aromatic N) is 2. The van der Waals surface area contributed by atoms with Crippen LogP contribution in [0.4, 0.5) is 18.9 Å². The first-order chi connectivity index (χ1) is 10.8. The van der Waals surface area contributed by atoms with Gasteiger partial charge in [-0.15, -0.1) is 0 Å². The molecular formula is C17H17F3N2O. The standard InChI is InChI=1S/C17H17F3N2O/c1-3-4-21-15-7-14-12-6-11(13(14)5-10(15)2)8-22(9-12)16(23)17(18,19)20/h3-5,7,11-12H,1,6,8-9H2,2H3/b21-4-. The van der Waals surface area contributed by atoms with E-state index in [9.17, 15) is 18.0 Å². The quantitative estimate of drug-likeness (QED) is 0.761. The second kappa shape index (κ2) is 5.51. The Kier molecular flexibility index (Phi) is 3.78. The number of allylic oxidation sites excluding steroid dienone is 1. The molecule has 0 radical (unpaired) electrons. The smallest absolute Gasteiger partial charge is 0.334 e. The van der Waals surface area contributed by atoms with Gasteiger partial charge in [0.15, 0.2) is 0 Å². The van der Waals surface area contributed by atoms with Crippen LogP contribution in [0.3, 0.4) is 0 Å². The Morgan fingerprint density at radius 1 is 1.30 bits per heavy atom. The minimum Gasteiger partial charge on any atom is -0.334 e. The lowest BCUT2D eigenvalue weighted by atomic mass is 9.95. The van der Waals surface area contributed by atoms with Crippen molar-refractivity contribution in [2.24, 2.45) is 4.99 Å². The van der Waals surface area contributed by atoms with Crippen molar-refractivity contribution < 1.29 is 18.0 Å². The molecule has 2 atom stereocenters. The Morgan fingerprint density at radius 2 is 1.91 bits per heavy atom. The molecule has 0 N–H and O–H groups in total. The summed E-state index contributed by atoms with van der Waals surface area (Å²) >= 11 is 0. The molecule has 0 aromatic heterocycles.